The van der Waals surface area contributed by atoms with Crippen molar-refractivity contribution in [1.82, 2.24) is 5.32 Å². The van der Waals surface area contributed by atoms with Crippen molar-refractivity contribution in [3.05, 3.63) is 34.6 Å². The number of benzene rings is 1. The van der Waals surface area contributed by atoms with Crippen LogP contribution in [0.5, 0.6) is 0 Å². The molecule has 0 aromatic heterocycles. The smallest absolute Gasteiger partial charge is 0.373 e. The summed E-state index contributed by atoms with van der Waals surface area (Å²) in [6.07, 6.45) is 2.51. The average Bonchev–Trinajstić information content (AvgIpc) is 2.74. The van der Waals surface area contributed by atoms with Gasteiger partial charge in [0.05, 0.1) is 0 Å². The van der Waals surface area contributed by atoms with Crippen LogP contribution in [0, 0.1) is 29.1 Å². The molecule has 0 bridgehead atoms. The van der Waals surface area contributed by atoms with E-state index in [9.17, 15) is 26.7 Å². The van der Waals surface area contributed by atoms with E-state index in [0.29, 0.717) is 25.9 Å². The average molecular weight is 458 g/mol. The zero-order valence-corrected chi connectivity index (χ0v) is 18.4. The van der Waals surface area contributed by atoms with Gasteiger partial charge in [-0.1, -0.05) is 20.8 Å². The first-order valence-electron chi connectivity index (χ1n) is 9.96. The third-order valence-corrected chi connectivity index (χ3v) is 6.86. The van der Waals surface area contributed by atoms with Crippen molar-refractivity contribution in [2.75, 3.05) is 26.4 Å². The first-order valence-corrected chi connectivity index (χ1v) is 11.9. The molecule has 0 saturated carbocycles. The van der Waals surface area contributed by atoms with Crippen molar-refractivity contribution in [2.24, 2.45) is 0 Å². The molecule has 0 unspecified atom stereocenters. The first kappa shape index (κ1) is 26.5. The van der Waals surface area contributed by atoms with Crippen LogP contribution >= 0.6 is 0 Å². The zero-order valence-electron chi connectivity index (χ0n) is 17.4. The molecule has 0 aliphatic carbocycles. The summed E-state index contributed by atoms with van der Waals surface area (Å²) in [6.45, 7) is 6.99. The summed E-state index contributed by atoms with van der Waals surface area (Å²) in [7, 11) is -3.03. The van der Waals surface area contributed by atoms with E-state index in [1.807, 2.05) is 20.8 Å². The van der Waals surface area contributed by atoms with Gasteiger partial charge in [-0.3, -0.25) is 4.79 Å². The second-order valence-electron chi connectivity index (χ2n) is 6.53. The predicted molar refractivity (Wildman–Crippen MR) is 102 cm³/mol. The van der Waals surface area contributed by atoms with Gasteiger partial charge in [0.1, 0.15) is 5.56 Å². The number of nitrogens with one attached hydrogen (secondary N) is 1. The minimum atomic E-state index is -3.03. The number of carbonyl (C=O) groups is 1. The Balaban J connectivity index is 2.81. The lowest BCUT2D eigenvalue weighted by molar-refractivity contribution is 0.0586. The van der Waals surface area contributed by atoms with Crippen LogP contribution in [0.2, 0.25) is 6.04 Å². The van der Waals surface area contributed by atoms with Crippen molar-refractivity contribution in [3.63, 3.8) is 0 Å². The van der Waals surface area contributed by atoms with Crippen molar-refractivity contribution in [2.45, 2.75) is 52.5 Å². The maximum absolute atomic E-state index is 13.7. The number of amides is 1. The summed E-state index contributed by atoms with van der Waals surface area (Å²) in [4.78, 5) is 12.0. The van der Waals surface area contributed by atoms with Crippen LogP contribution in [0.3, 0.4) is 0 Å². The molecule has 1 aromatic rings. The lowest BCUT2D eigenvalue weighted by Gasteiger charge is -2.29. The summed E-state index contributed by atoms with van der Waals surface area (Å²) < 4.78 is 84.8. The van der Waals surface area contributed by atoms with Gasteiger partial charge in [-0.05, 0) is 25.7 Å². The molecular weight excluding hydrogens is 429 g/mol. The van der Waals surface area contributed by atoms with Gasteiger partial charge in [0, 0.05) is 32.4 Å². The summed E-state index contributed by atoms with van der Waals surface area (Å²) >= 11 is 0. The predicted octanol–water partition coefficient (Wildman–Crippen LogP) is 4.72. The Hall–Kier alpha value is -1.56. The Labute approximate surface area is 174 Å². The van der Waals surface area contributed by atoms with E-state index >= 15 is 0 Å². The standard InChI is InChI=1S/C19H28F5NO4Si/c1-4-9-27-30(28-10-5-2,29-11-6-3)12-7-8-25-19(26)13-14(20)16(22)18(24)17(23)15(13)21/h4-12H2,1-3H3,(H,25,26). The lowest BCUT2D eigenvalue weighted by atomic mass is 10.1. The van der Waals surface area contributed by atoms with Gasteiger partial charge in [-0.15, -0.1) is 0 Å². The van der Waals surface area contributed by atoms with Crippen molar-refractivity contribution in [3.8, 4) is 0 Å². The van der Waals surface area contributed by atoms with Gasteiger partial charge in [0.2, 0.25) is 5.82 Å². The fourth-order valence-corrected chi connectivity index (χ4v) is 5.35. The Kier molecular flexibility index (Phi) is 11.5. The van der Waals surface area contributed by atoms with Crippen LogP contribution in [0.25, 0.3) is 0 Å². The van der Waals surface area contributed by atoms with Gasteiger partial charge in [-0.25, -0.2) is 22.0 Å². The highest BCUT2D eigenvalue weighted by atomic mass is 28.4. The maximum Gasteiger partial charge on any atom is 0.501 e. The molecule has 0 aliphatic heterocycles. The highest BCUT2D eigenvalue weighted by Gasteiger charge is 2.40. The van der Waals surface area contributed by atoms with Gasteiger partial charge in [0.25, 0.3) is 5.91 Å². The van der Waals surface area contributed by atoms with Gasteiger partial charge in [-0.2, -0.15) is 0 Å². The first-order chi connectivity index (χ1) is 14.2. The van der Waals surface area contributed by atoms with E-state index < -0.39 is 49.4 Å². The van der Waals surface area contributed by atoms with Crippen LogP contribution in [-0.4, -0.2) is 41.1 Å². The molecule has 1 rings (SSSR count). The Bertz CT molecular complexity index is 657. The second kappa shape index (κ2) is 13.0. The third-order valence-electron chi connectivity index (χ3n) is 3.96. The monoisotopic (exact) mass is 457 g/mol. The van der Waals surface area contributed by atoms with E-state index in [2.05, 4.69) is 5.32 Å². The summed E-state index contributed by atoms with van der Waals surface area (Å²) in [5, 5.41) is 2.18. The zero-order chi connectivity index (χ0) is 22.7. The number of hydrogen-bond donors (Lipinski definition) is 1. The number of hydrogen-bond acceptors (Lipinski definition) is 4. The van der Waals surface area contributed by atoms with E-state index in [1.165, 1.54) is 0 Å². The van der Waals surface area contributed by atoms with Crippen LogP contribution < -0.4 is 5.32 Å². The molecule has 172 valence electrons. The number of carbonyl (C=O) groups excluding carboxylic acids is 1. The van der Waals surface area contributed by atoms with Crippen molar-refractivity contribution in [1.29, 1.82) is 0 Å². The maximum atomic E-state index is 13.7. The van der Waals surface area contributed by atoms with Gasteiger partial charge < -0.3 is 18.6 Å². The topological polar surface area (TPSA) is 56.8 Å². The molecule has 30 heavy (non-hydrogen) atoms. The molecule has 5 nitrogen and oxygen atoms in total. The van der Waals surface area contributed by atoms with Crippen LogP contribution in [0.4, 0.5) is 22.0 Å². The second-order valence-corrected chi connectivity index (χ2v) is 9.26. The number of halogens is 5. The minimum Gasteiger partial charge on any atom is -0.373 e. The fraction of sp³-hybridized carbons (Fsp3) is 0.632. The molecule has 0 heterocycles. The Morgan fingerprint density at radius 3 is 1.57 bits per heavy atom. The third kappa shape index (κ3) is 7.00. The molecule has 11 heteroatoms. The molecule has 0 spiro atoms. The molecule has 0 radical (unpaired) electrons. The highest BCUT2D eigenvalue weighted by Crippen LogP contribution is 2.23. The van der Waals surface area contributed by atoms with Gasteiger partial charge >= 0.3 is 8.80 Å². The van der Waals surface area contributed by atoms with E-state index in [-0.39, 0.29) is 13.0 Å². The van der Waals surface area contributed by atoms with E-state index in [4.69, 9.17) is 13.3 Å². The van der Waals surface area contributed by atoms with Crippen molar-refractivity contribution < 1.29 is 40.0 Å². The quantitative estimate of drug-likeness (QED) is 0.144. The summed E-state index contributed by atoms with van der Waals surface area (Å²) in [5.74, 6) is -12.4. The fourth-order valence-electron chi connectivity index (χ4n) is 2.51. The summed E-state index contributed by atoms with van der Waals surface area (Å²) in [5.41, 5.74) is -1.51. The van der Waals surface area contributed by atoms with E-state index in [1.54, 1.807) is 0 Å². The van der Waals surface area contributed by atoms with Crippen LogP contribution in [0.15, 0.2) is 0 Å². The van der Waals surface area contributed by atoms with Crippen molar-refractivity contribution >= 4 is 14.7 Å². The molecule has 0 aliphatic rings. The SMILES string of the molecule is CCCO[Si](CCCNC(=O)c1c(F)c(F)c(F)c(F)c1F)(OCCC)OCCC. The highest BCUT2D eigenvalue weighted by molar-refractivity contribution is 6.60. The normalized spacial score (nSPS) is 11.7. The van der Waals surface area contributed by atoms with E-state index in [0.717, 1.165) is 19.3 Å². The molecule has 1 aromatic carbocycles. The van der Waals surface area contributed by atoms with Gasteiger partial charge in [0.15, 0.2) is 23.3 Å². The van der Waals surface area contributed by atoms with Crippen LogP contribution in [0.1, 0.15) is 56.8 Å². The molecule has 1 amide bonds. The lowest BCUT2D eigenvalue weighted by Crippen LogP contribution is -2.47. The molecular formula is C19H28F5NO4Si. The Morgan fingerprint density at radius 1 is 0.767 bits per heavy atom. The largest absolute Gasteiger partial charge is 0.501 e. The molecule has 0 saturated heterocycles. The Morgan fingerprint density at radius 2 is 1.17 bits per heavy atom. The molecule has 0 atom stereocenters. The molecule has 0 fully saturated rings. The number of rotatable bonds is 14. The molecule has 1 N–H and O–H groups in total. The minimum absolute atomic E-state index is 0.0897. The summed E-state index contributed by atoms with van der Waals surface area (Å²) in [6, 6.07) is 0.324. The van der Waals surface area contributed by atoms with Crippen LogP contribution in [-0.2, 0) is 13.3 Å².